The molecule has 3 rings (SSSR count). The van der Waals surface area contributed by atoms with E-state index in [2.05, 4.69) is 10.1 Å². The lowest BCUT2D eigenvalue weighted by Gasteiger charge is -2.33. The van der Waals surface area contributed by atoms with Gasteiger partial charge in [0.2, 0.25) is 5.91 Å². The Labute approximate surface area is 151 Å². The van der Waals surface area contributed by atoms with Crippen molar-refractivity contribution in [2.75, 3.05) is 33.3 Å². The van der Waals surface area contributed by atoms with E-state index in [-0.39, 0.29) is 11.7 Å². The zero-order chi connectivity index (χ0) is 18.5. The highest BCUT2D eigenvalue weighted by Gasteiger charge is 2.20. The van der Waals surface area contributed by atoms with Crippen molar-refractivity contribution >= 4 is 12.0 Å². The number of aromatic nitrogens is 1. The van der Waals surface area contributed by atoms with Crippen molar-refractivity contribution in [3.63, 3.8) is 0 Å². The van der Waals surface area contributed by atoms with Gasteiger partial charge in [-0.05, 0) is 30.7 Å². The summed E-state index contributed by atoms with van der Waals surface area (Å²) in [6.07, 6.45) is 3.10. The molecule has 6 nitrogen and oxygen atoms in total. The summed E-state index contributed by atoms with van der Waals surface area (Å²) in [5.74, 6) is 0.505. The summed E-state index contributed by atoms with van der Waals surface area (Å²) in [7, 11) is 1.42. The van der Waals surface area contributed by atoms with E-state index in [1.165, 1.54) is 19.3 Å². The van der Waals surface area contributed by atoms with Gasteiger partial charge in [-0.15, -0.1) is 0 Å². The molecule has 1 aromatic carbocycles. The third kappa shape index (κ3) is 4.49. The fourth-order valence-corrected chi connectivity index (χ4v) is 2.90. The maximum absolute atomic E-state index is 13.7. The first-order chi connectivity index (χ1) is 12.5. The van der Waals surface area contributed by atoms with E-state index in [0.29, 0.717) is 25.2 Å². The highest BCUT2D eigenvalue weighted by Crippen LogP contribution is 2.18. The minimum Gasteiger partial charge on any atom is -0.494 e. The quantitative estimate of drug-likeness (QED) is 0.768. The van der Waals surface area contributed by atoms with Crippen molar-refractivity contribution in [3.05, 3.63) is 53.2 Å². The van der Waals surface area contributed by atoms with Crippen LogP contribution in [0.2, 0.25) is 0 Å². The van der Waals surface area contributed by atoms with Gasteiger partial charge in [-0.3, -0.25) is 9.69 Å². The molecule has 0 unspecified atom stereocenters. The van der Waals surface area contributed by atoms with E-state index in [1.54, 1.807) is 23.1 Å². The molecule has 0 saturated carbocycles. The molecule has 1 saturated heterocycles. The van der Waals surface area contributed by atoms with E-state index >= 15 is 0 Å². The second-order valence-electron chi connectivity index (χ2n) is 6.26. The van der Waals surface area contributed by atoms with Crippen LogP contribution in [0.4, 0.5) is 4.39 Å². The van der Waals surface area contributed by atoms with Gasteiger partial charge in [-0.25, -0.2) is 4.39 Å². The first kappa shape index (κ1) is 18.1. The van der Waals surface area contributed by atoms with Crippen molar-refractivity contribution in [3.8, 4) is 5.75 Å². The smallest absolute Gasteiger partial charge is 0.246 e. The van der Waals surface area contributed by atoms with Crippen molar-refractivity contribution in [1.29, 1.82) is 0 Å². The third-order valence-electron chi connectivity index (χ3n) is 4.33. The zero-order valence-corrected chi connectivity index (χ0v) is 14.9. The fraction of sp³-hybridized carbons (Fsp3) is 0.368. The molecule has 1 aromatic heterocycles. The number of carbonyl (C=O) groups excluding carboxylic acids is 1. The Kier molecular flexibility index (Phi) is 5.68. The largest absolute Gasteiger partial charge is 0.494 e. The number of hydrogen-bond acceptors (Lipinski definition) is 5. The van der Waals surface area contributed by atoms with E-state index < -0.39 is 5.82 Å². The van der Waals surface area contributed by atoms with Crippen LogP contribution in [0.3, 0.4) is 0 Å². The lowest BCUT2D eigenvalue weighted by Crippen LogP contribution is -2.47. The van der Waals surface area contributed by atoms with E-state index in [9.17, 15) is 9.18 Å². The molecule has 2 heterocycles. The zero-order valence-electron chi connectivity index (χ0n) is 14.9. The number of aryl methyl sites for hydroxylation is 1. The Bertz CT molecular complexity index is 795. The first-order valence-corrected chi connectivity index (χ1v) is 8.50. The van der Waals surface area contributed by atoms with Crippen LogP contribution in [-0.4, -0.2) is 54.2 Å². The molecule has 1 aliphatic rings. The van der Waals surface area contributed by atoms with Crippen molar-refractivity contribution in [1.82, 2.24) is 15.0 Å². The summed E-state index contributed by atoms with van der Waals surface area (Å²) in [6, 6.07) is 6.53. The second-order valence-corrected chi connectivity index (χ2v) is 6.26. The lowest BCUT2D eigenvalue weighted by molar-refractivity contribution is -0.127. The highest BCUT2D eigenvalue weighted by molar-refractivity contribution is 5.91. The van der Waals surface area contributed by atoms with Crippen LogP contribution in [0, 0.1) is 12.7 Å². The van der Waals surface area contributed by atoms with Gasteiger partial charge >= 0.3 is 0 Å². The molecule has 0 atom stereocenters. The minimum atomic E-state index is -0.446. The maximum Gasteiger partial charge on any atom is 0.246 e. The molecular formula is C19H22FN3O3. The van der Waals surface area contributed by atoms with Crippen LogP contribution in [0.1, 0.15) is 17.0 Å². The van der Waals surface area contributed by atoms with Gasteiger partial charge in [-0.1, -0.05) is 11.2 Å². The van der Waals surface area contributed by atoms with E-state index in [1.807, 2.05) is 13.0 Å². The van der Waals surface area contributed by atoms with E-state index in [0.717, 1.165) is 24.5 Å². The van der Waals surface area contributed by atoms with Crippen LogP contribution in [0.5, 0.6) is 5.75 Å². The van der Waals surface area contributed by atoms with Gasteiger partial charge in [0.1, 0.15) is 0 Å². The molecule has 0 aliphatic carbocycles. The van der Waals surface area contributed by atoms with Gasteiger partial charge < -0.3 is 14.2 Å². The summed E-state index contributed by atoms with van der Waals surface area (Å²) in [6.45, 7) is 5.43. The van der Waals surface area contributed by atoms with Gasteiger partial charge in [0.05, 0.1) is 19.3 Å². The molecule has 2 aromatic rings. The number of rotatable bonds is 5. The molecule has 0 bridgehead atoms. The minimum absolute atomic E-state index is 0.0728. The molecule has 138 valence electrons. The van der Waals surface area contributed by atoms with Crippen LogP contribution < -0.4 is 4.74 Å². The summed E-state index contributed by atoms with van der Waals surface area (Å²) < 4.78 is 23.8. The number of halogens is 1. The molecular weight excluding hydrogens is 337 g/mol. The van der Waals surface area contributed by atoms with Gasteiger partial charge in [-0.2, -0.15) is 0 Å². The monoisotopic (exact) mass is 359 g/mol. The Hall–Kier alpha value is -2.67. The molecule has 0 spiro atoms. The standard InChI is InChI=1S/C19H22FN3O3/c1-14-11-16(26-21-14)13-22-7-9-23(10-8-22)19(24)6-4-15-3-5-18(25-2)17(20)12-15/h3-6,11-12H,7-10,13H2,1-2H3/b6-4+. The topological polar surface area (TPSA) is 58.8 Å². The molecule has 7 heteroatoms. The number of piperazine rings is 1. The van der Waals surface area contributed by atoms with Crippen LogP contribution in [0.15, 0.2) is 34.9 Å². The predicted octanol–water partition coefficient (Wildman–Crippen LogP) is 2.49. The fourth-order valence-electron chi connectivity index (χ4n) is 2.90. The molecule has 1 aliphatic heterocycles. The number of ether oxygens (including phenoxy) is 1. The Balaban J connectivity index is 1.51. The van der Waals surface area contributed by atoms with Crippen molar-refractivity contribution in [2.24, 2.45) is 0 Å². The van der Waals surface area contributed by atoms with Crippen LogP contribution in [0.25, 0.3) is 6.08 Å². The Morgan fingerprint density at radius 2 is 2.08 bits per heavy atom. The number of amides is 1. The number of carbonyl (C=O) groups is 1. The Morgan fingerprint density at radius 3 is 2.69 bits per heavy atom. The number of methoxy groups -OCH3 is 1. The Morgan fingerprint density at radius 1 is 1.31 bits per heavy atom. The van der Waals surface area contributed by atoms with Gasteiger partial charge in [0.15, 0.2) is 17.3 Å². The average Bonchev–Trinajstić information content (AvgIpc) is 3.05. The number of nitrogens with zero attached hydrogens (tertiary/aromatic N) is 3. The van der Waals surface area contributed by atoms with Crippen molar-refractivity contribution < 1.29 is 18.4 Å². The lowest BCUT2D eigenvalue weighted by atomic mass is 10.2. The van der Waals surface area contributed by atoms with Crippen LogP contribution >= 0.6 is 0 Å². The van der Waals surface area contributed by atoms with E-state index in [4.69, 9.17) is 9.26 Å². The molecule has 1 fully saturated rings. The highest BCUT2D eigenvalue weighted by atomic mass is 19.1. The first-order valence-electron chi connectivity index (χ1n) is 8.50. The molecule has 1 amide bonds. The molecule has 0 radical (unpaired) electrons. The summed E-state index contributed by atoms with van der Waals surface area (Å²) in [5.41, 5.74) is 1.49. The normalized spacial score (nSPS) is 15.6. The summed E-state index contributed by atoms with van der Waals surface area (Å²) in [5, 5.41) is 3.89. The SMILES string of the molecule is COc1ccc(/C=C/C(=O)N2CCN(Cc3cc(C)no3)CC2)cc1F. The summed E-state index contributed by atoms with van der Waals surface area (Å²) in [4.78, 5) is 16.3. The number of benzene rings is 1. The van der Waals surface area contributed by atoms with Crippen LogP contribution in [-0.2, 0) is 11.3 Å². The third-order valence-corrected chi connectivity index (χ3v) is 4.33. The average molecular weight is 359 g/mol. The van der Waals surface area contributed by atoms with Crippen molar-refractivity contribution in [2.45, 2.75) is 13.5 Å². The molecule has 26 heavy (non-hydrogen) atoms. The second kappa shape index (κ2) is 8.14. The van der Waals surface area contributed by atoms with Gasteiger partial charge in [0.25, 0.3) is 0 Å². The van der Waals surface area contributed by atoms with Gasteiger partial charge in [0, 0.05) is 38.3 Å². The maximum atomic E-state index is 13.7. The number of hydrogen-bond donors (Lipinski definition) is 0. The predicted molar refractivity (Wildman–Crippen MR) is 95.1 cm³/mol. The summed E-state index contributed by atoms with van der Waals surface area (Å²) >= 11 is 0. The molecule has 0 N–H and O–H groups in total.